The first-order valence-corrected chi connectivity index (χ1v) is 11.4. The zero-order valence-corrected chi connectivity index (χ0v) is 19.4. The summed E-state index contributed by atoms with van der Waals surface area (Å²) in [6.07, 6.45) is 3.06. The number of rotatable bonds is 4. The second-order valence-corrected chi connectivity index (χ2v) is 8.92. The molecule has 2 aliphatic heterocycles. The van der Waals surface area contributed by atoms with Gasteiger partial charge >= 0.3 is 0 Å². The normalized spacial score (nSPS) is 13.5. The average molecular weight is 481 g/mol. The zero-order chi connectivity index (χ0) is 22.5. The summed E-state index contributed by atoms with van der Waals surface area (Å²) in [4.78, 5) is 0. The molecule has 0 N–H and O–H groups in total. The van der Waals surface area contributed by atoms with E-state index in [1.165, 1.54) is 11.1 Å². The van der Waals surface area contributed by atoms with E-state index in [-0.39, 0.29) is 6.79 Å². The van der Waals surface area contributed by atoms with Gasteiger partial charge in [0.25, 0.3) is 0 Å². The van der Waals surface area contributed by atoms with Crippen molar-refractivity contribution in [1.82, 2.24) is 0 Å². The second-order valence-electron chi connectivity index (χ2n) is 8.10. The van der Waals surface area contributed by atoms with Crippen LogP contribution in [0.1, 0.15) is 11.1 Å². The Morgan fingerprint density at radius 3 is 2.64 bits per heavy atom. The van der Waals surface area contributed by atoms with Gasteiger partial charge in [0.15, 0.2) is 35.7 Å². The molecule has 0 aliphatic carbocycles. The summed E-state index contributed by atoms with van der Waals surface area (Å²) in [5.74, 6) is 3.00. The van der Waals surface area contributed by atoms with Crippen LogP contribution in [0.3, 0.4) is 0 Å². The second kappa shape index (κ2) is 8.01. The highest BCUT2D eigenvalue weighted by Gasteiger charge is 2.28. The molecule has 7 heteroatoms. The molecule has 0 fully saturated rings. The minimum absolute atomic E-state index is 0.273. The molecule has 5 nitrogen and oxygen atoms in total. The van der Waals surface area contributed by atoms with Crippen LogP contribution in [0.4, 0.5) is 0 Å². The first-order valence-electron chi connectivity index (χ1n) is 10.6. The molecule has 6 rings (SSSR count). The number of pyridine rings is 1. The molecular weight excluding hydrogens is 461 g/mol. The lowest BCUT2D eigenvalue weighted by molar-refractivity contribution is -0.686. The SMILES string of the molecule is COc1ccc2cc3[n+](cc2c1OCc1ccc(Cl)c(Cl)c1)CCc1cc2c(cc1-3)OCO2. The number of benzene rings is 3. The van der Waals surface area contributed by atoms with E-state index < -0.39 is 0 Å². The molecule has 3 heterocycles. The van der Waals surface area contributed by atoms with E-state index in [0.29, 0.717) is 28.2 Å². The van der Waals surface area contributed by atoms with Crippen molar-refractivity contribution in [3.05, 3.63) is 75.9 Å². The van der Waals surface area contributed by atoms with E-state index in [4.69, 9.17) is 42.1 Å². The lowest BCUT2D eigenvalue weighted by atomic mass is 9.95. The first-order chi connectivity index (χ1) is 16.1. The number of halogens is 2. The Hall–Kier alpha value is -3.15. The minimum Gasteiger partial charge on any atom is -0.493 e. The number of hydrogen-bond donors (Lipinski definition) is 0. The number of methoxy groups -OCH3 is 1. The molecule has 166 valence electrons. The maximum absolute atomic E-state index is 6.27. The van der Waals surface area contributed by atoms with E-state index in [0.717, 1.165) is 46.5 Å². The molecule has 3 aromatic carbocycles. The lowest BCUT2D eigenvalue weighted by Crippen LogP contribution is -2.40. The molecule has 1 aromatic heterocycles. The Morgan fingerprint density at radius 1 is 0.970 bits per heavy atom. The molecule has 33 heavy (non-hydrogen) atoms. The van der Waals surface area contributed by atoms with Crippen molar-refractivity contribution < 1.29 is 23.5 Å². The molecule has 4 aromatic rings. The minimum atomic E-state index is 0.273. The largest absolute Gasteiger partial charge is 0.493 e. The maximum Gasteiger partial charge on any atom is 0.231 e. The van der Waals surface area contributed by atoms with Gasteiger partial charge in [-0.25, -0.2) is 0 Å². The number of aromatic nitrogens is 1. The van der Waals surface area contributed by atoms with Crippen molar-refractivity contribution >= 4 is 34.0 Å². The Balaban J connectivity index is 1.43. The summed E-state index contributed by atoms with van der Waals surface area (Å²) in [5.41, 5.74) is 4.51. The molecule has 0 radical (unpaired) electrons. The van der Waals surface area contributed by atoms with Crippen LogP contribution >= 0.6 is 23.2 Å². The Labute approximate surface area is 201 Å². The summed E-state index contributed by atoms with van der Waals surface area (Å²) < 4.78 is 25.3. The van der Waals surface area contributed by atoms with Crippen LogP contribution in [-0.4, -0.2) is 13.9 Å². The van der Waals surface area contributed by atoms with Gasteiger partial charge in [0.2, 0.25) is 12.5 Å². The number of fused-ring (bicyclic) bond motifs is 5. The molecule has 0 bridgehead atoms. The third kappa shape index (κ3) is 3.52. The number of aryl methyl sites for hydroxylation is 2. The predicted molar refractivity (Wildman–Crippen MR) is 127 cm³/mol. The van der Waals surface area contributed by atoms with Gasteiger partial charge in [-0.15, -0.1) is 0 Å². The molecular formula is C26H20Cl2NO4+. The predicted octanol–water partition coefficient (Wildman–Crippen LogP) is 5.97. The molecule has 0 saturated heterocycles. The van der Waals surface area contributed by atoms with Crippen LogP contribution in [0.25, 0.3) is 22.0 Å². The molecule has 0 spiro atoms. The topological polar surface area (TPSA) is 40.8 Å². The van der Waals surface area contributed by atoms with Crippen LogP contribution in [0.5, 0.6) is 23.0 Å². The third-order valence-corrected chi connectivity index (χ3v) is 6.90. The monoisotopic (exact) mass is 480 g/mol. The highest BCUT2D eigenvalue weighted by atomic mass is 35.5. The van der Waals surface area contributed by atoms with Crippen molar-refractivity contribution in [2.24, 2.45) is 0 Å². The highest BCUT2D eigenvalue weighted by Crippen LogP contribution is 2.42. The maximum atomic E-state index is 6.27. The van der Waals surface area contributed by atoms with Crippen molar-refractivity contribution in [3.63, 3.8) is 0 Å². The van der Waals surface area contributed by atoms with Gasteiger partial charge in [-0.3, -0.25) is 0 Å². The summed E-state index contributed by atoms with van der Waals surface area (Å²) in [7, 11) is 1.65. The van der Waals surface area contributed by atoms with Crippen LogP contribution in [0, 0.1) is 0 Å². The molecule has 2 aliphatic rings. The van der Waals surface area contributed by atoms with Crippen LogP contribution < -0.4 is 23.5 Å². The van der Waals surface area contributed by atoms with E-state index in [1.807, 2.05) is 18.2 Å². The van der Waals surface area contributed by atoms with Gasteiger partial charge in [0.05, 0.1) is 28.1 Å². The Kier molecular flexibility index (Phi) is 4.97. The number of ether oxygens (including phenoxy) is 4. The molecule has 0 amide bonds. The van der Waals surface area contributed by atoms with E-state index in [1.54, 1.807) is 13.2 Å². The Morgan fingerprint density at radius 2 is 1.82 bits per heavy atom. The van der Waals surface area contributed by atoms with Crippen LogP contribution in [0.15, 0.2) is 54.7 Å². The van der Waals surface area contributed by atoms with Crippen molar-refractivity contribution in [1.29, 1.82) is 0 Å². The van der Waals surface area contributed by atoms with Crippen LogP contribution in [-0.2, 0) is 19.6 Å². The van der Waals surface area contributed by atoms with Gasteiger partial charge in [-0.05, 0) is 52.9 Å². The highest BCUT2D eigenvalue weighted by molar-refractivity contribution is 6.42. The van der Waals surface area contributed by atoms with Crippen molar-refractivity contribution in [2.45, 2.75) is 19.6 Å². The quantitative estimate of drug-likeness (QED) is 0.337. The van der Waals surface area contributed by atoms with Gasteiger partial charge < -0.3 is 18.9 Å². The summed E-state index contributed by atoms with van der Waals surface area (Å²) in [6.45, 7) is 1.48. The zero-order valence-electron chi connectivity index (χ0n) is 17.9. The molecule has 0 saturated carbocycles. The standard InChI is InChI=1S/C26H20Cl2NO4/c1-30-23-5-3-16-9-22-18-11-25-24(32-14-33-25)10-17(18)6-7-29(22)12-19(16)26(23)31-13-15-2-4-20(27)21(28)8-15/h2-5,8-12H,6-7,13-14H2,1H3/q+1. The summed E-state index contributed by atoms with van der Waals surface area (Å²) >= 11 is 12.2. The van der Waals surface area contributed by atoms with E-state index in [2.05, 4.69) is 35.0 Å². The van der Waals surface area contributed by atoms with Crippen LogP contribution in [0.2, 0.25) is 10.0 Å². The number of nitrogens with zero attached hydrogens (tertiary/aromatic N) is 1. The van der Waals surface area contributed by atoms with Gasteiger partial charge in [0, 0.05) is 12.5 Å². The van der Waals surface area contributed by atoms with Gasteiger partial charge in [-0.2, -0.15) is 4.57 Å². The van der Waals surface area contributed by atoms with E-state index >= 15 is 0 Å². The number of hydrogen-bond acceptors (Lipinski definition) is 4. The molecule has 0 atom stereocenters. The fourth-order valence-corrected chi connectivity index (χ4v) is 4.81. The summed E-state index contributed by atoms with van der Waals surface area (Å²) in [6, 6.07) is 15.9. The fourth-order valence-electron chi connectivity index (χ4n) is 4.49. The lowest BCUT2D eigenvalue weighted by Gasteiger charge is -2.18. The average Bonchev–Trinajstić information content (AvgIpc) is 3.29. The van der Waals surface area contributed by atoms with Gasteiger partial charge in [0.1, 0.15) is 6.61 Å². The van der Waals surface area contributed by atoms with Crippen molar-refractivity contribution in [2.75, 3.05) is 13.9 Å². The summed E-state index contributed by atoms with van der Waals surface area (Å²) in [5, 5.41) is 3.08. The first kappa shape index (κ1) is 20.5. The smallest absolute Gasteiger partial charge is 0.231 e. The van der Waals surface area contributed by atoms with E-state index in [9.17, 15) is 0 Å². The Bertz CT molecular complexity index is 1420. The van der Waals surface area contributed by atoms with Crippen molar-refractivity contribution in [3.8, 4) is 34.3 Å². The molecule has 0 unspecified atom stereocenters. The van der Waals surface area contributed by atoms with Gasteiger partial charge in [-0.1, -0.05) is 29.3 Å². The third-order valence-electron chi connectivity index (χ3n) is 6.16. The fraction of sp³-hybridized carbons (Fsp3) is 0.192.